The monoisotopic (exact) mass is 638 g/mol. The van der Waals surface area contributed by atoms with Gasteiger partial charge < -0.3 is 19.6 Å². The molecule has 6 rings (SSSR count). The Morgan fingerprint density at radius 1 is 1.04 bits per heavy atom. The number of hydrogen-bond acceptors (Lipinski definition) is 6. The molecule has 2 unspecified atom stereocenters. The number of anilines is 1. The van der Waals surface area contributed by atoms with Gasteiger partial charge in [0, 0.05) is 17.5 Å². The molecule has 1 spiro atoms. The predicted molar refractivity (Wildman–Crippen MR) is 183 cm³/mol. The lowest BCUT2D eigenvalue weighted by atomic mass is 9.71. The molecule has 240 valence electrons. The highest BCUT2D eigenvalue weighted by Gasteiger charge is 2.74. The van der Waals surface area contributed by atoms with Crippen molar-refractivity contribution in [3.63, 3.8) is 0 Å². The van der Waals surface area contributed by atoms with E-state index in [1.165, 1.54) is 0 Å². The normalized spacial score (nSPS) is 25.3. The van der Waals surface area contributed by atoms with Gasteiger partial charge in [-0.2, -0.15) is 0 Å². The van der Waals surface area contributed by atoms with Gasteiger partial charge in [0.15, 0.2) is 0 Å². The minimum Gasteiger partial charge on any atom is -0.465 e. The number of unbranched alkanes of at least 4 members (excludes halogenated alkanes) is 2. The molecule has 6 atom stereocenters. The number of carbonyl (C=O) groups is 3. The Kier molecular flexibility index (Phi) is 9.66. The Balaban J connectivity index is 1.38. The molecule has 46 heavy (non-hydrogen) atoms. The van der Waals surface area contributed by atoms with E-state index in [-0.39, 0.29) is 36.2 Å². The fraction of sp³-hybridized carbons (Fsp3) is 0.395. The first-order valence-corrected chi connectivity index (χ1v) is 17.1. The van der Waals surface area contributed by atoms with Crippen LogP contribution in [0.2, 0.25) is 0 Å². The van der Waals surface area contributed by atoms with Crippen molar-refractivity contribution in [3.8, 4) is 0 Å². The lowest BCUT2D eigenvalue weighted by Crippen LogP contribution is -2.58. The van der Waals surface area contributed by atoms with E-state index in [4.69, 9.17) is 4.74 Å². The van der Waals surface area contributed by atoms with Crippen LogP contribution >= 0.6 is 11.8 Å². The minimum absolute atomic E-state index is 0.0951. The number of allylic oxidation sites excluding steroid dienone is 1. The van der Waals surface area contributed by atoms with Gasteiger partial charge in [-0.15, -0.1) is 24.9 Å². The summed E-state index contributed by atoms with van der Waals surface area (Å²) in [6, 6.07) is 22.1. The number of amides is 2. The number of nitrogens with zero attached hydrogens (tertiary/aromatic N) is 2. The van der Waals surface area contributed by atoms with Gasteiger partial charge >= 0.3 is 5.97 Å². The Morgan fingerprint density at radius 2 is 1.80 bits per heavy atom. The van der Waals surface area contributed by atoms with Crippen LogP contribution in [0.25, 0.3) is 10.8 Å². The third kappa shape index (κ3) is 5.77. The molecule has 3 heterocycles. The van der Waals surface area contributed by atoms with E-state index >= 15 is 4.79 Å². The van der Waals surface area contributed by atoms with Crippen LogP contribution in [0, 0.1) is 11.8 Å². The average molecular weight is 639 g/mol. The molecule has 8 heteroatoms. The fourth-order valence-electron chi connectivity index (χ4n) is 7.77. The maximum absolute atomic E-state index is 15.0. The molecule has 1 N–H and O–H groups in total. The van der Waals surface area contributed by atoms with Crippen LogP contribution in [0.4, 0.5) is 5.69 Å². The SMILES string of the molecule is C=CCCCCOC(=O)[C@@H]1[C@@H]2CCC3(S2)C(C(=O)N(CC=C)c2ccc4ccccc4c2)N([C@@H](CO)Cc2ccccc2)C(=O)[C@H]13. The summed E-state index contributed by atoms with van der Waals surface area (Å²) in [5.74, 6) is -2.14. The number of rotatable bonds is 14. The van der Waals surface area contributed by atoms with Crippen molar-refractivity contribution in [1.82, 2.24) is 4.90 Å². The average Bonchev–Trinajstić information content (AvgIpc) is 3.73. The summed E-state index contributed by atoms with van der Waals surface area (Å²) in [6.07, 6.45) is 7.75. The lowest BCUT2D eigenvalue weighted by molar-refractivity contribution is -0.154. The molecule has 0 saturated carbocycles. The first-order valence-electron chi connectivity index (χ1n) is 16.3. The number of benzene rings is 3. The molecule has 3 aromatic carbocycles. The number of fused-ring (bicyclic) bond motifs is 2. The zero-order valence-electron chi connectivity index (χ0n) is 26.1. The third-order valence-corrected chi connectivity index (χ3v) is 11.8. The zero-order valence-corrected chi connectivity index (χ0v) is 26.9. The van der Waals surface area contributed by atoms with E-state index in [1.807, 2.05) is 78.9 Å². The molecule has 3 aromatic rings. The fourth-order valence-corrected chi connectivity index (χ4v) is 9.96. The molecule has 3 aliphatic rings. The van der Waals surface area contributed by atoms with Crippen molar-refractivity contribution < 1.29 is 24.2 Å². The summed E-state index contributed by atoms with van der Waals surface area (Å²) < 4.78 is 4.97. The summed E-state index contributed by atoms with van der Waals surface area (Å²) in [4.78, 5) is 46.7. The van der Waals surface area contributed by atoms with Gasteiger partial charge in [0.05, 0.1) is 35.8 Å². The second-order valence-corrected chi connectivity index (χ2v) is 14.1. The van der Waals surface area contributed by atoms with Crippen LogP contribution in [-0.2, 0) is 25.5 Å². The molecule has 3 saturated heterocycles. The first kappa shape index (κ1) is 32.1. The van der Waals surface area contributed by atoms with Crippen molar-refractivity contribution in [1.29, 1.82) is 0 Å². The molecular weight excluding hydrogens is 596 g/mol. The summed E-state index contributed by atoms with van der Waals surface area (Å²) in [7, 11) is 0. The summed E-state index contributed by atoms with van der Waals surface area (Å²) in [5.41, 5.74) is 1.67. The van der Waals surface area contributed by atoms with E-state index in [0.29, 0.717) is 25.1 Å². The minimum atomic E-state index is -0.863. The number of aliphatic hydroxyl groups excluding tert-OH is 1. The molecule has 7 nitrogen and oxygen atoms in total. The van der Waals surface area contributed by atoms with E-state index in [2.05, 4.69) is 13.2 Å². The Labute approximate surface area is 275 Å². The second-order valence-electron chi connectivity index (χ2n) is 12.5. The number of aliphatic hydroxyl groups is 1. The van der Waals surface area contributed by atoms with Crippen LogP contribution in [-0.4, -0.2) is 69.6 Å². The Hall–Kier alpha value is -3.88. The number of hydrogen-bond donors (Lipinski definition) is 1. The van der Waals surface area contributed by atoms with Gasteiger partial charge in [0.2, 0.25) is 5.91 Å². The van der Waals surface area contributed by atoms with Crippen LogP contribution < -0.4 is 4.90 Å². The van der Waals surface area contributed by atoms with E-state index < -0.39 is 28.7 Å². The Bertz CT molecular complexity index is 1610. The summed E-state index contributed by atoms with van der Waals surface area (Å²) in [5, 5.41) is 12.8. The highest BCUT2D eigenvalue weighted by Crippen LogP contribution is 2.67. The molecule has 0 radical (unpaired) electrons. The van der Waals surface area contributed by atoms with Gasteiger partial charge in [0.25, 0.3) is 5.91 Å². The van der Waals surface area contributed by atoms with E-state index in [0.717, 1.165) is 42.0 Å². The second kappa shape index (κ2) is 13.9. The smallest absolute Gasteiger partial charge is 0.310 e. The van der Waals surface area contributed by atoms with Crippen molar-refractivity contribution in [2.75, 3.05) is 24.7 Å². The largest absolute Gasteiger partial charge is 0.465 e. The van der Waals surface area contributed by atoms with Gasteiger partial charge in [-0.1, -0.05) is 72.8 Å². The van der Waals surface area contributed by atoms with Crippen LogP contribution in [0.3, 0.4) is 0 Å². The molecule has 0 aromatic heterocycles. The predicted octanol–water partition coefficient (Wildman–Crippen LogP) is 5.95. The molecular formula is C38H42N2O5S. The summed E-state index contributed by atoms with van der Waals surface area (Å²) in [6.45, 7) is 7.94. The highest BCUT2D eigenvalue weighted by molar-refractivity contribution is 8.02. The number of carbonyl (C=O) groups excluding carboxylic acids is 3. The van der Waals surface area contributed by atoms with Crippen molar-refractivity contribution >= 4 is 46.0 Å². The third-order valence-electron chi connectivity index (χ3n) is 9.83. The quantitative estimate of drug-likeness (QED) is 0.133. The maximum Gasteiger partial charge on any atom is 0.310 e. The number of thioether (sulfide) groups is 1. The highest BCUT2D eigenvalue weighted by atomic mass is 32.2. The van der Waals surface area contributed by atoms with Gasteiger partial charge in [0.1, 0.15) is 6.04 Å². The molecule has 2 bridgehead atoms. The maximum atomic E-state index is 15.0. The Morgan fingerprint density at radius 3 is 2.54 bits per heavy atom. The first-order chi connectivity index (χ1) is 22.4. The van der Waals surface area contributed by atoms with Crippen LogP contribution in [0.5, 0.6) is 0 Å². The molecule has 0 aliphatic carbocycles. The summed E-state index contributed by atoms with van der Waals surface area (Å²) >= 11 is 1.61. The van der Waals surface area contributed by atoms with Crippen molar-refractivity contribution in [2.45, 2.75) is 60.6 Å². The molecule has 3 aliphatic heterocycles. The van der Waals surface area contributed by atoms with E-state index in [9.17, 15) is 14.7 Å². The number of likely N-dealkylation sites (tertiary alicyclic amines) is 1. The molecule has 2 amide bonds. The lowest BCUT2D eigenvalue weighted by Gasteiger charge is -2.39. The van der Waals surface area contributed by atoms with E-state index in [1.54, 1.807) is 27.6 Å². The van der Waals surface area contributed by atoms with Gasteiger partial charge in [-0.25, -0.2) is 0 Å². The number of ether oxygens (including phenoxy) is 1. The zero-order chi connectivity index (χ0) is 32.3. The van der Waals surface area contributed by atoms with Gasteiger partial charge in [-0.3, -0.25) is 14.4 Å². The van der Waals surface area contributed by atoms with Crippen molar-refractivity contribution in [2.24, 2.45) is 11.8 Å². The standard InChI is InChI=1S/C38H42N2O5S/c1-3-5-6-12-22-45-37(44)32-31-19-20-38(46-31)33(32)35(42)40(30(25-41)23-26-13-8-7-9-14-26)34(38)36(43)39(21-4-2)29-18-17-27-15-10-11-16-28(27)24-29/h3-4,7-11,13-18,24,30-34,41H,1-2,5-6,12,19-23,25H2/t30-,31+,32-,33+,34?,38?/m1/s1. The van der Waals surface area contributed by atoms with Crippen LogP contribution in [0.1, 0.15) is 37.7 Å². The van der Waals surface area contributed by atoms with Gasteiger partial charge in [-0.05, 0) is 67.0 Å². The molecule has 3 fully saturated rings. The topological polar surface area (TPSA) is 87.2 Å². The van der Waals surface area contributed by atoms with Crippen LogP contribution in [0.15, 0.2) is 98.1 Å². The number of esters is 1. The van der Waals surface area contributed by atoms with Crippen molar-refractivity contribution in [3.05, 3.63) is 104 Å².